The molecule has 1 aromatic rings. The molecule has 0 atom stereocenters. The molecule has 0 aliphatic heterocycles. The van der Waals surface area contributed by atoms with Crippen LogP contribution in [0.1, 0.15) is 47.0 Å². The van der Waals surface area contributed by atoms with E-state index in [2.05, 4.69) is 38.3 Å². The van der Waals surface area contributed by atoms with Crippen molar-refractivity contribution in [3.63, 3.8) is 0 Å². The number of unbranched alkanes of at least 4 members (excludes halogenated alkanes) is 1. The summed E-state index contributed by atoms with van der Waals surface area (Å²) in [5, 5.41) is 6.67. The summed E-state index contributed by atoms with van der Waals surface area (Å²) in [4.78, 5) is 0. The normalized spacial score (nSPS) is 11.8. The molecule has 0 aliphatic rings. The van der Waals surface area contributed by atoms with Crippen LogP contribution in [0.15, 0.2) is 0 Å². The smallest absolute Gasteiger partial charge is 0.0832 e. The zero-order valence-corrected chi connectivity index (χ0v) is 13.5. The lowest BCUT2D eigenvalue weighted by Crippen LogP contribution is -2.11. The Morgan fingerprint density at radius 1 is 0.944 bits per heavy atom. The van der Waals surface area contributed by atoms with Gasteiger partial charge in [0.1, 0.15) is 0 Å². The van der Waals surface area contributed by atoms with E-state index in [1.54, 1.807) is 0 Å². The molecule has 102 valence electrons. The molecule has 2 nitrogen and oxygen atoms in total. The van der Waals surface area contributed by atoms with E-state index in [1.165, 1.54) is 19.3 Å². The fourth-order valence-corrected chi connectivity index (χ4v) is 2.45. The van der Waals surface area contributed by atoms with Gasteiger partial charge in [-0.15, -0.1) is 0 Å². The van der Waals surface area contributed by atoms with Crippen LogP contribution in [0.4, 0.5) is 11.4 Å². The molecule has 18 heavy (non-hydrogen) atoms. The minimum absolute atomic E-state index is 0.432. The second-order valence-corrected chi connectivity index (χ2v) is 6.70. The standard InChI is InChI=1S/C14H24N2S2/c1-5-15-10-11(13(18)12(10)17)16-9-7-6-8-14(2,3)4/h15-16H,5-9H2,1-4H3. The topological polar surface area (TPSA) is 24.1 Å². The number of hydrogen-bond donors (Lipinski definition) is 2. The van der Waals surface area contributed by atoms with Crippen molar-refractivity contribution in [2.24, 2.45) is 5.41 Å². The Morgan fingerprint density at radius 3 is 2.00 bits per heavy atom. The minimum Gasteiger partial charge on any atom is -0.382 e. The summed E-state index contributed by atoms with van der Waals surface area (Å²) in [5.41, 5.74) is 2.52. The van der Waals surface area contributed by atoms with Gasteiger partial charge < -0.3 is 10.6 Å². The van der Waals surface area contributed by atoms with E-state index in [4.69, 9.17) is 24.4 Å². The van der Waals surface area contributed by atoms with Gasteiger partial charge in [-0.1, -0.05) is 51.6 Å². The van der Waals surface area contributed by atoms with Crippen molar-refractivity contribution in [2.45, 2.75) is 47.0 Å². The summed E-state index contributed by atoms with van der Waals surface area (Å²) in [5.74, 6) is 0. The Kier molecular flexibility index (Phi) is 5.73. The number of nitrogens with one attached hydrogen (secondary N) is 2. The van der Waals surface area contributed by atoms with Crippen molar-refractivity contribution >= 4 is 35.8 Å². The van der Waals surface area contributed by atoms with Gasteiger partial charge in [-0.25, -0.2) is 0 Å². The first-order chi connectivity index (χ1) is 8.37. The van der Waals surface area contributed by atoms with Crippen LogP contribution in [0.25, 0.3) is 0 Å². The molecule has 0 spiro atoms. The monoisotopic (exact) mass is 284 g/mol. The minimum atomic E-state index is 0.432. The molecule has 0 saturated carbocycles. The molecule has 0 saturated heterocycles. The Morgan fingerprint density at radius 2 is 1.50 bits per heavy atom. The summed E-state index contributed by atoms with van der Waals surface area (Å²) < 4.78 is 1.63. The first kappa shape index (κ1) is 15.6. The predicted molar refractivity (Wildman–Crippen MR) is 86.4 cm³/mol. The Balaban J connectivity index is 2.34. The van der Waals surface area contributed by atoms with Crippen molar-refractivity contribution in [3.8, 4) is 0 Å². The molecule has 0 unspecified atom stereocenters. The van der Waals surface area contributed by atoms with Gasteiger partial charge in [0.25, 0.3) is 0 Å². The lowest BCUT2D eigenvalue weighted by molar-refractivity contribution is 0.362. The van der Waals surface area contributed by atoms with E-state index in [0.29, 0.717) is 5.41 Å². The highest BCUT2D eigenvalue weighted by Crippen LogP contribution is 2.32. The molecule has 0 heterocycles. The van der Waals surface area contributed by atoms with Gasteiger partial charge in [-0.2, -0.15) is 0 Å². The molecular formula is C14H24N2S2. The third-order valence-electron chi connectivity index (χ3n) is 2.92. The van der Waals surface area contributed by atoms with Crippen molar-refractivity contribution in [3.05, 3.63) is 9.02 Å². The maximum Gasteiger partial charge on any atom is 0.0832 e. The fourth-order valence-electron chi connectivity index (χ4n) is 1.90. The van der Waals surface area contributed by atoms with Crippen molar-refractivity contribution in [1.82, 2.24) is 0 Å². The highest BCUT2D eigenvalue weighted by atomic mass is 32.1. The van der Waals surface area contributed by atoms with Gasteiger partial charge in [-0.3, -0.25) is 0 Å². The maximum atomic E-state index is 5.25. The van der Waals surface area contributed by atoms with Gasteiger partial charge in [-0.05, 0) is 25.2 Å². The molecule has 0 radical (unpaired) electrons. The zero-order chi connectivity index (χ0) is 13.8. The van der Waals surface area contributed by atoms with Crippen molar-refractivity contribution in [2.75, 3.05) is 23.7 Å². The second kappa shape index (κ2) is 6.62. The Bertz CT molecular complexity index is 451. The van der Waals surface area contributed by atoms with Crippen LogP contribution in [0.3, 0.4) is 0 Å². The second-order valence-electron chi connectivity index (χ2n) is 5.88. The average molecular weight is 284 g/mol. The first-order valence-corrected chi connectivity index (χ1v) is 7.49. The van der Waals surface area contributed by atoms with Gasteiger partial charge in [0, 0.05) is 13.1 Å². The van der Waals surface area contributed by atoms with Gasteiger partial charge in [0.2, 0.25) is 0 Å². The van der Waals surface area contributed by atoms with Crippen LogP contribution in [0, 0.1) is 14.4 Å². The van der Waals surface area contributed by atoms with E-state index in [1.807, 2.05) is 0 Å². The summed E-state index contributed by atoms with van der Waals surface area (Å²) in [6.07, 6.45) is 3.68. The SMILES string of the molecule is CCNc1c(NCCCCC(C)(C)C)c(=S)c1=S. The third kappa shape index (κ3) is 4.32. The van der Waals surface area contributed by atoms with Crippen LogP contribution >= 0.6 is 24.4 Å². The number of rotatable bonds is 7. The molecule has 1 rings (SSSR count). The molecule has 0 fully saturated rings. The van der Waals surface area contributed by atoms with Crippen LogP contribution in [-0.2, 0) is 0 Å². The van der Waals surface area contributed by atoms with E-state index < -0.39 is 0 Å². The summed E-state index contributed by atoms with van der Waals surface area (Å²) in [6, 6.07) is 0. The van der Waals surface area contributed by atoms with Crippen LogP contribution < -0.4 is 10.6 Å². The fraction of sp³-hybridized carbons (Fsp3) is 0.714. The lowest BCUT2D eigenvalue weighted by Gasteiger charge is -2.19. The molecule has 2 N–H and O–H groups in total. The molecule has 4 heteroatoms. The Hall–Kier alpha value is -0.480. The number of anilines is 2. The largest absolute Gasteiger partial charge is 0.382 e. The zero-order valence-electron chi connectivity index (χ0n) is 11.9. The number of hydrogen-bond acceptors (Lipinski definition) is 4. The van der Waals surface area contributed by atoms with Crippen molar-refractivity contribution < 1.29 is 0 Å². The molecule has 0 bridgehead atoms. The summed E-state index contributed by atoms with van der Waals surface area (Å²) in [7, 11) is 0. The van der Waals surface area contributed by atoms with Crippen LogP contribution in [-0.4, -0.2) is 13.1 Å². The summed E-state index contributed by atoms with van der Waals surface area (Å²) in [6.45, 7) is 10.8. The molecule has 0 aliphatic carbocycles. The quantitative estimate of drug-likeness (QED) is 0.538. The van der Waals surface area contributed by atoms with E-state index in [0.717, 1.165) is 33.5 Å². The lowest BCUT2D eigenvalue weighted by atomic mass is 9.90. The van der Waals surface area contributed by atoms with Crippen LogP contribution in [0.2, 0.25) is 0 Å². The summed E-state index contributed by atoms with van der Waals surface area (Å²) >= 11 is 10.5. The predicted octanol–water partition coefficient (Wildman–Crippen LogP) is 5.08. The molecule has 0 aromatic heterocycles. The van der Waals surface area contributed by atoms with Crippen LogP contribution in [0.5, 0.6) is 0 Å². The van der Waals surface area contributed by atoms with Gasteiger partial charge >= 0.3 is 0 Å². The maximum absolute atomic E-state index is 5.25. The first-order valence-electron chi connectivity index (χ1n) is 6.68. The highest BCUT2D eigenvalue weighted by molar-refractivity contribution is 7.74. The van der Waals surface area contributed by atoms with Gasteiger partial charge in [0.15, 0.2) is 0 Å². The van der Waals surface area contributed by atoms with Gasteiger partial charge in [0.05, 0.1) is 20.4 Å². The molecule has 1 aromatic carbocycles. The van der Waals surface area contributed by atoms with E-state index in [9.17, 15) is 0 Å². The van der Waals surface area contributed by atoms with Crippen molar-refractivity contribution in [1.29, 1.82) is 0 Å². The molecule has 0 amide bonds. The average Bonchev–Trinajstić information content (AvgIpc) is 2.29. The highest BCUT2D eigenvalue weighted by Gasteiger charge is 2.13. The molecular weight excluding hydrogens is 260 g/mol. The van der Waals surface area contributed by atoms with E-state index in [-0.39, 0.29) is 0 Å². The Labute approximate surface area is 121 Å². The van der Waals surface area contributed by atoms with E-state index >= 15 is 0 Å². The third-order valence-corrected chi connectivity index (χ3v) is 3.86.